The Morgan fingerprint density at radius 2 is 1.84 bits per heavy atom. The zero-order valence-corrected chi connectivity index (χ0v) is 19.0. The molecule has 0 bridgehead atoms. The molecule has 166 valence electrons. The molecule has 2 aliphatic rings. The van der Waals surface area contributed by atoms with Crippen molar-refractivity contribution in [1.82, 2.24) is 4.31 Å². The van der Waals surface area contributed by atoms with Crippen molar-refractivity contribution in [1.29, 1.82) is 0 Å². The normalized spacial score (nSPS) is 18.4. The number of ether oxygens (including phenoxy) is 1. The van der Waals surface area contributed by atoms with E-state index < -0.39 is 15.4 Å². The highest BCUT2D eigenvalue weighted by molar-refractivity contribution is 7.89. The van der Waals surface area contributed by atoms with E-state index in [0.717, 1.165) is 43.2 Å². The molecule has 31 heavy (non-hydrogen) atoms. The van der Waals surface area contributed by atoms with E-state index in [9.17, 15) is 13.2 Å². The Hall–Kier alpha value is -2.38. The number of aryl methyl sites for hydroxylation is 1. The van der Waals surface area contributed by atoms with E-state index in [1.165, 1.54) is 4.31 Å². The van der Waals surface area contributed by atoms with E-state index >= 15 is 0 Å². The van der Waals surface area contributed by atoms with Crippen LogP contribution in [-0.2, 0) is 20.2 Å². The van der Waals surface area contributed by atoms with Crippen LogP contribution in [0.15, 0.2) is 47.4 Å². The first-order valence-corrected chi connectivity index (χ1v) is 12.5. The Balaban J connectivity index is 1.65. The molecular weight excluding hydrogens is 412 g/mol. The van der Waals surface area contributed by atoms with Gasteiger partial charge in [0, 0.05) is 18.8 Å². The minimum Gasteiger partial charge on any atom is -0.492 e. The molecule has 1 amide bonds. The van der Waals surface area contributed by atoms with Crippen molar-refractivity contribution < 1.29 is 17.9 Å². The Morgan fingerprint density at radius 3 is 2.45 bits per heavy atom. The van der Waals surface area contributed by atoms with Gasteiger partial charge in [-0.15, -0.1) is 0 Å². The molecule has 6 nitrogen and oxygen atoms in total. The van der Waals surface area contributed by atoms with Gasteiger partial charge in [-0.3, -0.25) is 4.79 Å². The van der Waals surface area contributed by atoms with Crippen LogP contribution >= 0.6 is 0 Å². The molecule has 2 fully saturated rings. The minimum atomic E-state index is -3.68. The number of nitrogens with one attached hydrogen (secondary N) is 1. The standard InChI is InChI=1S/C24H30N2O4S/c1-3-30-21-11-10-20(17-22(21)31(28,29)26-14-4-5-15-26)25-23(27)24(12-7-13-24)19-9-6-8-18(2)16-19/h6,8-11,16-17H,3-5,7,12-15H2,1-2H3,(H,25,27). The summed E-state index contributed by atoms with van der Waals surface area (Å²) >= 11 is 0. The van der Waals surface area contributed by atoms with Crippen molar-refractivity contribution >= 4 is 21.6 Å². The summed E-state index contributed by atoms with van der Waals surface area (Å²) in [6.45, 7) is 5.24. The predicted molar refractivity (Wildman–Crippen MR) is 121 cm³/mol. The van der Waals surface area contributed by atoms with Crippen LogP contribution in [0.2, 0.25) is 0 Å². The highest BCUT2D eigenvalue weighted by Crippen LogP contribution is 2.45. The van der Waals surface area contributed by atoms with Crippen LogP contribution in [0, 0.1) is 6.92 Å². The van der Waals surface area contributed by atoms with Gasteiger partial charge in [-0.05, 0) is 63.3 Å². The first-order chi connectivity index (χ1) is 14.9. The number of hydrogen-bond donors (Lipinski definition) is 1. The third kappa shape index (κ3) is 4.08. The Morgan fingerprint density at radius 1 is 1.10 bits per heavy atom. The fraction of sp³-hybridized carbons (Fsp3) is 0.458. The van der Waals surface area contributed by atoms with Gasteiger partial charge < -0.3 is 10.1 Å². The second kappa shape index (κ2) is 8.63. The lowest BCUT2D eigenvalue weighted by molar-refractivity contribution is -0.124. The van der Waals surface area contributed by atoms with Crippen LogP contribution in [-0.4, -0.2) is 38.3 Å². The molecule has 2 aromatic carbocycles. The zero-order valence-electron chi connectivity index (χ0n) is 18.2. The zero-order chi connectivity index (χ0) is 22.1. The number of carbonyl (C=O) groups is 1. The van der Waals surface area contributed by atoms with E-state index in [4.69, 9.17) is 4.74 Å². The number of rotatable bonds is 7. The number of benzene rings is 2. The van der Waals surface area contributed by atoms with Crippen LogP contribution in [0.25, 0.3) is 0 Å². The van der Waals surface area contributed by atoms with Crippen molar-refractivity contribution in [3.05, 3.63) is 53.6 Å². The third-order valence-corrected chi connectivity index (χ3v) is 8.32. The SMILES string of the molecule is CCOc1ccc(NC(=O)C2(c3cccc(C)c3)CCC2)cc1S(=O)(=O)N1CCCC1. The van der Waals surface area contributed by atoms with Gasteiger partial charge in [0.1, 0.15) is 10.6 Å². The largest absolute Gasteiger partial charge is 0.492 e. The maximum absolute atomic E-state index is 13.4. The molecule has 1 saturated heterocycles. The number of amides is 1. The van der Waals surface area contributed by atoms with Crippen molar-refractivity contribution in [3.63, 3.8) is 0 Å². The summed E-state index contributed by atoms with van der Waals surface area (Å²) in [5.74, 6) is 0.238. The molecule has 1 aliphatic heterocycles. The van der Waals surface area contributed by atoms with Gasteiger partial charge in [0.25, 0.3) is 0 Å². The van der Waals surface area contributed by atoms with Crippen LogP contribution in [0.4, 0.5) is 5.69 Å². The lowest BCUT2D eigenvalue weighted by Crippen LogP contribution is -2.46. The van der Waals surface area contributed by atoms with Gasteiger partial charge in [0.15, 0.2) is 0 Å². The van der Waals surface area contributed by atoms with Gasteiger partial charge in [0.05, 0.1) is 12.0 Å². The smallest absolute Gasteiger partial charge is 0.246 e. The summed E-state index contributed by atoms with van der Waals surface area (Å²) in [5.41, 5.74) is 2.06. The van der Waals surface area contributed by atoms with Crippen molar-refractivity contribution in [2.24, 2.45) is 0 Å². The summed E-state index contributed by atoms with van der Waals surface area (Å²) in [7, 11) is -3.68. The summed E-state index contributed by atoms with van der Waals surface area (Å²) in [6.07, 6.45) is 4.30. The Kier molecular flexibility index (Phi) is 6.08. The molecule has 0 unspecified atom stereocenters. The first-order valence-electron chi connectivity index (χ1n) is 11.0. The predicted octanol–water partition coefficient (Wildman–Crippen LogP) is 4.24. The van der Waals surface area contributed by atoms with Crippen LogP contribution in [0.5, 0.6) is 5.75 Å². The molecule has 4 rings (SSSR count). The van der Waals surface area contributed by atoms with E-state index in [2.05, 4.69) is 11.4 Å². The fourth-order valence-electron chi connectivity index (χ4n) is 4.50. The van der Waals surface area contributed by atoms with E-state index in [0.29, 0.717) is 31.1 Å². The fourth-order valence-corrected chi connectivity index (χ4v) is 6.17. The number of carbonyl (C=O) groups excluding carboxylic acids is 1. The lowest BCUT2D eigenvalue weighted by Gasteiger charge is -2.41. The van der Waals surface area contributed by atoms with Crippen LogP contribution < -0.4 is 10.1 Å². The highest BCUT2D eigenvalue weighted by atomic mass is 32.2. The maximum Gasteiger partial charge on any atom is 0.246 e. The minimum absolute atomic E-state index is 0.0852. The molecular formula is C24H30N2O4S. The van der Waals surface area contributed by atoms with E-state index in [-0.39, 0.29) is 10.8 Å². The second-order valence-electron chi connectivity index (χ2n) is 8.46. The average molecular weight is 443 g/mol. The number of anilines is 1. The molecule has 1 heterocycles. The Labute approximate surface area is 184 Å². The number of sulfonamides is 1. The second-order valence-corrected chi connectivity index (χ2v) is 10.4. The maximum atomic E-state index is 13.4. The van der Waals surface area contributed by atoms with Gasteiger partial charge in [-0.25, -0.2) is 8.42 Å². The molecule has 1 saturated carbocycles. The summed E-state index contributed by atoms with van der Waals surface area (Å²) in [6, 6.07) is 13.0. The Bertz CT molecular complexity index is 1070. The topological polar surface area (TPSA) is 75.7 Å². The number of nitrogens with zero attached hydrogens (tertiary/aromatic N) is 1. The van der Waals surface area contributed by atoms with Gasteiger partial charge in [-0.1, -0.05) is 36.2 Å². The molecule has 0 atom stereocenters. The molecule has 0 radical (unpaired) electrons. The highest BCUT2D eigenvalue weighted by Gasteiger charge is 2.45. The summed E-state index contributed by atoms with van der Waals surface area (Å²) in [5, 5.41) is 3.00. The summed E-state index contributed by atoms with van der Waals surface area (Å²) < 4.78 is 33.6. The average Bonchev–Trinajstić information content (AvgIpc) is 3.24. The molecule has 1 N–H and O–H groups in total. The monoisotopic (exact) mass is 442 g/mol. The first kappa shape index (κ1) is 21.8. The van der Waals surface area contributed by atoms with Crippen molar-refractivity contribution in [2.75, 3.05) is 25.0 Å². The van der Waals surface area contributed by atoms with Gasteiger partial charge >= 0.3 is 0 Å². The van der Waals surface area contributed by atoms with E-state index in [1.807, 2.05) is 32.0 Å². The molecule has 2 aromatic rings. The molecule has 1 aliphatic carbocycles. The van der Waals surface area contributed by atoms with Gasteiger partial charge in [0.2, 0.25) is 15.9 Å². The molecule has 0 spiro atoms. The molecule has 7 heteroatoms. The van der Waals surface area contributed by atoms with Crippen molar-refractivity contribution in [2.45, 2.75) is 56.3 Å². The van der Waals surface area contributed by atoms with E-state index in [1.54, 1.807) is 18.2 Å². The van der Waals surface area contributed by atoms with Gasteiger partial charge in [-0.2, -0.15) is 4.31 Å². The van der Waals surface area contributed by atoms with Crippen LogP contribution in [0.1, 0.15) is 50.2 Å². The molecule has 0 aromatic heterocycles. The lowest BCUT2D eigenvalue weighted by atomic mass is 9.63. The van der Waals surface area contributed by atoms with Crippen LogP contribution in [0.3, 0.4) is 0 Å². The quantitative estimate of drug-likeness (QED) is 0.696. The number of hydrogen-bond acceptors (Lipinski definition) is 4. The van der Waals surface area contributed by atoms with Crippen molar-refractivity contribution in [3.8, 4) is 5.75 Å². The third-order valence-electron chi connectivity index (χ3n) is 6.40. The summed E-state index contributed by atoms with van der Waals surface area (Å²) in [4.78, 5) is 13.5.